The monoisotopic (exact) mass is 337 g/mol. The number of aromatic nitrogens is 1. The molecule has 0 aliphatic rings. The van der Waals surface area contributed by atoms with Crippen LogP contribution < -0.4 is 10.3 Å². The molecule has 0 unspecified atom stereocenters. The van der Waals surface area contributed by atoms with Crippen LogP contribution in [0.25, 0.3) is 10.4 Å². The number of para-hydroxylation sites is 1. The smallest absolute Gasteiger partial charge is 0.303 e. The Balaban J connectivity index is 2.36. The van der Waals surface area contributed by atoms with Gasteiger partial charge in [-0.25, -0.2) is 0 Å². The van der Waals surface area contributed by atoms with Gasteiger partial charge in [0.25, 0.3) is 5.56 Å². The fourth-order valence-electron chi connectivity index (χ4n) is 2.03. The second kappa shape index (κ2) is 7.33. The van der Waals surface area contributed by atoms with Crippen molar-refractivity contribution in [1.29, 1.82) is 0 Å². The molecule has 1 heterocycles. The number of methoxy groups -OCH3 is 1. The predicted octanol–water partition coefficient (Wildman–Crippen LogP) is 3.18. The van der Waals surface area contributed by atoms with Crippen LogP contribution in [0.1, 0.15) is 12.8 Å². The number of hydrogen-bond donors (Lipinski definition) is 1. The van der Waals surface area contributed by atoms with Crippen LogP contribution in [-0.4, -0.2) is 22.8 Å². The molecule has 0 spiro atoms. The van der Waals surface area contributed by atoms with Crippen molar-refractivity contribution in [2.45, 2.75) is 19.4 Å². The molecule has 0 saturated carbocycles. The van der Waals surface area contributed by atoms with E-state index in [0.717, 1.165) is 10.4 Å². The summed E-state index contributed by atoms with van der Waals surface area (Å²) in [5, 5.41) is 8.66. The van der Waals surface area contributed by atoms with Gasteiger partial charge >= 0.3 is 5.97 Å². The van der Waals surface area contributed by atoms with E-state index in [9.17, 15) is 9.59 Å². The molecule has 22 heavy (non-hydrogen) atoms. The third-order valence-corrected chi connectivity index (χ3v) is 4.51. The van der Waals surface area contributed by atoms with E-state index in [1.807, 2.05) is 24.3 Å². The fourth-order valence-corrected chi connectivity index (χ4v) is 3.40. The van der Waals surface area contributed by atoms with E-state index in [4.69, 9.17) is 22.1 Å². The summed E-state index contributed by atoms with van der Waals surface area (Å²) < 4.78 is 7.16. The van der Waals surface area contributed by atoms with E-state index >= 15 is 0 Å². The van der Waals surface area contributed by atoms with Gasteiger partial charge in [0, 0.05) is 29.5 Å². The summed E-state index contributed by atoms with van der Waals surface area (Å²) in [6, 6.07) is 8.93. The Bertz CT molecular complexity index is 763. The quantitative estimate of drug-likeness (QED) is 0.820. The lowest BCUT2D eigenvalue weighted by Gasteiger charge is -2.09. The lowest BCUT2D eigenvalue weighted by Crippen LogP contribution is -2.19. The first-order valence-corrected chi connectivity index (χ1v) is 7.85. The van der Waals surface area contributed by atoms with Crippen molar-refractivity contribution in [2.75, 3.05) is 7.11 Å². The Morgan fingerprint density at radius 1 is 1.41 bits per heavy atom. The van der Waals surface area contributed by atoms with Gasteiger partial charge in [-0.15, -0.1) is 11.3 Å². The summed E-state index contributed by atoms with van der Waals surface area (Å²) in [6.07, 6.45) is 0.389. The van der Waals surface area contributed by atoms with Crippen molar-refractivity contribution < 1.29 is 14.6 Å². The van der Waals surface area contributed by atoms with E-state index in [-0.39, 0.29) is 12.0 Å². The number of benzene rings is 1. The highest BCUT2D eigenvalue weighted by Gasteiger charge is 2.09. The molecule has 0 aliphatic heterocycles. The van der Waals surface area contributed by atoms with Gasteiger partial charge in [-0.05, 0) is 30.8 Å². The van der Waals surface area contributed by atoms with Gasteiger partial charge in [-0.3, -0.25) is 14.2 Å². The lowest BCUT2D eigenvalue weighted by atomic mass is 10.1. The van der Waals surface area contributed by atoms with Gasteiger partial charge in [0.05, 0.1) is 7.11 Å². The zero-order valence-corrected chi connectivity index (χ0v) is 13.6. The molecule has 0 aliphatic carbocycles. The van der Waals surface area contributed by atoms with Gasteiger partial charge in [0.2, 0.25) is 0 Å². The van der Waals surface area contributed by atoms with Crippen molar-refractivity contribution in [3.05, 3.63) is 44.6 Å². The number of carboxylic acid groups (broad SMARTS) is 1. The largest absolute Gasteiger partial charge is 0.496 e. The number of aliphatic carboxylic acids is 1. The first-order chi connectivity index (χ1) is 10.5. The minimum Gasteiger partial charge on any atom is -0.496 e. The average molecular weight is 337 g/mol. The van der Waals surface area contributed by atoms with E-state index < -0.39 is 5.97 Å². The first-order valence-electron chi connectivity index (χ1n) is 6.63. The Hall–Kier alpha value is -1.99. The first kappa shape index (κ1) is 16.4. The number of carboxylic acids is 1. The van der Waals surface area contributed by atoms with Gasteiger partial charge in [-0.2, -0.15) is 0 Å². The molecule has 0 atom stereocenters. The van der Waals surface area contributed by atoms with Gasteiger partial charge < -0.3 is 9.84 Å². The van der Waals surface area contributed by atoms with Crippen LogP contribution in [0.3, 0.4) is 0 Å². The summed E-state index contributed by atoms with van der Waals surface area (Å²) in [7, 11) is 1.57. The molecular weight excluding hydrogens is 322 g/mol. The van der Waals surface area contributed by atoms with E-state index in [1.54, 1.807) is 7.11 Å². The average Bonchev–Trinajstić information content (AvgIpc) is 2.49. The third-order valence-electron chi connectivity index (χ3n) is 3.08. The third kappa shape index (κ3) is 3.80. The highest BCUT2D eigenvalue weighted by Crippen LogP contribution is 2.31. The van der Waals surface area contributed by atoms with Crippen molar-refractivity contribution in [1.82, 2.24) is 4.57 Å². The Labute approximate surface area is 136 Å². The Kier molecular flexibility index (Phi) is 5.46. The summed E-state index contributed by atoms with van der Waals surface area (Å²) in [4.78, 5) is 23.5. The molecule has 116 valence electrons. The zero-order chi connectivity index (χ0) is 16.1. The van der Waals surface area contributed by atoms with Gasteiger partial charge in [-0.1, -0.05) is 12.1 Å². The Morgan fingerprint density at radius 2 is 2.14 bits per heavy atom. The maximum absolute atomic E-state index is 12.2. The van der Waals surface area contributed by atoms with Crippen molar-refractivity contribution >= 4 is 29.5 Å². The van der Waals surface area contributed by atoms with Crippen LogP contribution in [0.2, 0.25) is 0 Å². The molecule has 1 aromatic heterocycles. The molecule has 1 N–H and O–H groups in total. The highest BCUT2D eigenvalue weighted by molar-refractivity contribution is 7.73. The van der Waals surface area contributed by atoms with E-state index in [1.165, 1.54) is 22.0 Å². The molecule has 2 rings (SSSR count). The molecule has 0 radical (unpaired) electrons. The normalized spacial score (nSPS) is 10.4. The van der Waals surface area contributed by atoms with Gasteiger partial charge in [0.15, 0.2) is 3.95 Å². The molecule has 2 aromatic rings. The minimum absolute atomic E-state index is 0.0140. The van der Waals surface area contributed by atoms with E-state index in [0.29, 0.717) is 22.7 Å². The van der Waals surface area contributed by atoms with Crippen LogP contribution in [0.15, 0.2) is 35.1 Å². The van der Waals surface area contributed by atoms with E-state index in [2.05, 4.69) is 0 Å². The maximum Gasteiger partial charge on any atom is 0.303 e. The summed E-state index contributed by atoms with van der Waals surface area (Å²) in [5.41, 5.74) is 0.589. The fraction of sp³-hybridized carbons (Fsp3) is 0.267. The second-order valence-corrected chi connectivity index (χ2v) is 6.24. The molecule has 5 nitrogen and oxygen atoms in total. The molecule has 7 heteroatoms. The van der Waals surface area contributed by atoms with Crippen LogP contribution in [0, 0.1) is 3.95 Å². The molecule has 1 aromatic carbocycles. The second-order valence-electron chi connectivity index (χ2n) is 4.56. The van der Waals surface area contributed by atoms with Crippen molar-refractivity contribution in [3.8, 4) is 16.2 Å². The highest BCUT2D eigenvalue weighted by atomic mass is 32.1. The molecular formula is C15H15NO4S2. The molecule has 0 amide bonds. The molecule has 0 saturated heterocycles. The number of nitrogens with zero attached hydrogens (tertiary/aromatic N) is 1. The summed E-state index contributed by atoms with van der Waals surface area (Å²) in [5.74, 6) is -0.204. The number of ether oxygens (including phenoxy) is 1. The summed E-state index contributed by atoms with van der Waals surface area (Å²) >= 11 is 6.59. The Morgan fingerprint density at radius 3 is 2.77 bits per heavy atom. The SMILES string of the molecule is COc1ccccc1-c1cc(=O)n(CCCC(=O)O)c(=S)s1. The van der Waals surface area contributed by atoms with Crippen LogP contribution >= 0.6 is 23.6 Å². The summed E-state index contributed by atoms with van der Waals surface area (Å²) in [6.45, 7) is 0.312. The topological polar surface area (TPSA) is 68.5 Å². The zero-order valence-electron chi connectivity index (χ0n) is 11.9. The van der Waals surface area contributed by atoms with Crippen molar-refractivity contribution in [3.63, 3.8) is 0 Å². The molecule has 0 fully saturated rings. The lowest BCUT2D eigenvalue weighted by molar-refractivity contribution is -0.137. The van der Waals surface area contributed by atoms with Crippen LogP contribution in [0.5, 0.6) is 5.75 Å². The predicted molar refractivity (Wildman–Crippen MR) is 88.3 cm³/mol. The van der Waals surface area contributed by atoms with Crippen LogP contribution in [0.4, 0.5) is 0 Å². The number of rotatable bonds is 6. The number of hydrogen-bond acceptors (Lipinski definition) is 5. The van der Waals surface area contributed by atoms with Crippen LogP contribution in [-0.2, 0) is 11.3 Å². The van der Waals surface area contributed by atoms with Gasteiger partial charge in [0.1, 0.15) is 5.75 Å². The minimum atomic E-state index is -0.881. The maximum atomic E-state index is 12.2. The van der Waals surface area contributed by atoms with Crippen molar-refractivity contribution in [2.24, 2.45) is 0 Å². The molecule has 0 bridgehead atoms. The standard InChI is InChI=1S/C15H15NO4S2/c1-20-11-6-3-2-5-10(11)12-9-13(17)16(15(21)22-12)8-4-7-14(18)19/h2-3,5-6,9H,4,7-8H2,1H3,(H,18,19). The number of carbonyl (C=O) groups is 1.